The molecule has 2 aromatic carbocycles. The molecule has 1 aromatic heterocycles. The van der Waals surface area contributed by atoms with Crippen LogP contribution in [0.15, 0.2) is 52.5 Å². The van der Waals surface area contributed by atoms with Crippen LogP contribution in [0.4, 0.5) is 0 Å². The van der Waals surface area contributed by atoms with Crippen molar-refractivity contribution in [1.82, 2.24) is 30.9 Å². The van der Waals surface area contributed by atoms with Gasteiger partial charge < -0.3 is 21.1 Å². The van der Waals surface area contributed by atoms with Gasteiger partial charge in [-0.15, -0.1) is 0 Å². The van der Waals surface area contributed by atoms with Crippen molar-refractivity contribution < 1.29 is 23.1 Å². The Kier molecular flexibility index (Phi) is 7.97. The summed E-state index contributed by atoms with van der Waals surface area (Å²) in [4.78, 5) is 30.2. The minimum Gasteiger partial charge on any atom is -0.478 e. The minimum absolute atomic E-state index is 0.0216. The van der Waals surface area contributed by atoms with Crippen LogP contribution in [0, 0.1) is 13.8 Å². The minimum atomic E-state index is -4.34. The van der Waals surface area contributed by atoms with Gasteiger partial charge in [-0.2, -0.15) is 9.82 Å². The van der Waals surface area contributed by atoms with Gasteiger partial charge in [0.15, 0.2) is 5.96 Å². The highest BCUT2D eigenvalue weighted by Crippen LogP contribution is 2.24. The molecule has 2 heterocycles. The quantitative estimate of drug-likeness (QED) is 0.156. The zero-order valence-corrected chi connectivity index (χ0v) is 22.0. The van der Waals surface area contributed by atoms with Crippen LogP contribution in [-0.4, -0.2) is 66.9 Å². The van der Waals surface area contributed by atoms with E-state index in [4.69, 9.17) is 0 Å². The zero-order chi connectivity index (χ0) is 27.3. The molecule has 3 aromatic rings. The summed E-state index contributed by atoms with van der Waals surface area (Å²) in [7, 11) is -4.34. The molecule has 1 atom stereocenters. The number of hydrogen-bond acceptors (Lipinski definition) is 8. The fraction of sp³-hybridized carbons (Fsp3) is 0.360. The standard InChI is InChI=1S/C25H31N7O5S/c1-16-6-5-7-17(2)21(16)38(36,37)32-25(23(34)35,10-3-4-11-26-24-27-12-13-28-24)30-22(33)18-8-9-20-19(14-18)15-29-31-20/h5-9,14-15,32H,3-4,10-13H2,1-2H3,(H,29,31)(H,30,33)(H,34,35)(H2,26,27,28). The number of aliphatic carboxylic acids is 1. The van der Waals surface area contributed by atoms with Gasteiger partial charge in [-0.05, 0) is 62.4 Å². The van der Waals surface area contributed by atoms with Gasteiger partial charge in [0.2, 0.25) is 15.7 Å². The maximum absolute atomic E-state index is 13.5. The molecule has 1 aliphatic rings. The summed E-state index contributed by atoms with van der Waals surface area (Å²) in [5.74, 6) is -1.57. The first-order valence-electron chi connectivity index (χ1n) is 12.2. The van der Waals surface area contributed by atoms with Gasteiger partial charge in [-0.3, -0.25) is 14.9 Å². The predicted molar refractivity (Wildman–Crippen MR) is 142 cm³/mol. The van der Waals surface area contributed by atoms with Crippen LogP contribution < -0.4 is 20.7 Å². The number of carboxylic acid groups (broad SMARTS) is 1. The van der Waals surface area contributed by atoms with Crippen molar-refractivity contribution in [2.45, 2.75) is 43.7 Å². The molecule has 38 heavy (non-hydrogen) atoms. The average Bonchev–Trinajstić information content (AvgIpc) is 3.54. The molecular weight excluding hydrogens is 510 g/mol. The van der Waals surface area contributed by atoms with E-state index >= 15 is 0 Å². The highest BCUT2D eigenvalue weighted by atomic mass is 32.2. The number of aromatic amines is 1. The molecule has 202 valence electrons. The molecule has 0 fully saturated rings. The summed E-state index contributed by atoms with van der Waals surface area (Å²) in [6.07, 6.45) is 2.16. The number of aryl methyl sites for hydroxylation is 2. The molecule has 0 bridgehead atoms. The highest BCUT2D eigenvalue weighted by molar-refractivity contribution is 7.89. The molecule has 0 radical (unpaired) electrons. The van der Waals surface area contributed by atoms with Gasteiger partial charge in [-0.25, -0.2) is 13.2 Å². The number of guanidine groups is 1. The Hall–Kier alpha value is -3.97. The van der Waals surface area contributed by atoms with E-state index in [0.29, 0.717) is 53.9 Å². The monoisotopic (exact) mass is 541 g/mol. The number of unbranched alkanes of at least 4 members (excludes halogenated alkanes) is 1. The lowest BCUT2D eigenvalue weighted by molar-refractivity contribution is -0.145. The van der Waals surface area contributed by atoms with Gasteiger partial charge in [0.05, 0.1) is 23.2 Å². The fourth-order valence-electron chi connectivity index (χ4n) is 4.43. The van der Waals surface area contributed by atoms with E-state index in [1.807, 2.05) is 0 Å². The van der Waals surface area contributed by atoms with Crippen molar-refractivity contribution in [2.24, 2.45) is 4.99 Å². The lowest BCUT2D eigenvalue weighted by atomic mass is 10.0. The topological polar surface area (TPSA) is 178 Å². The number of H-pyrrole nitrogens is 1. The first-order valence-corrected chi connectivity index (χ1v) is 13.7. The molecule has 0 saturated carbocycles. The van der Waals surface area contributed by atoms with Gasteiger partial charge in [-0.1, -0.05) is 18.2 Å². The van der Waals surface area contributed by atoms with Gasteiger partial charge in [0.25, 0.3) is 5.91 Å². The van der Waals surface area contributed by atoms with Gasteiger partial charge >= 0.3 is 5.97 Å². The number of hydrogen-bond donors (Lipinski definition) is 6. The Labute approximate surface area is 220 Å². The number of sulfonamides is 1. The van der Waals surface area contributed by atoms with E-state index in [9.17, 15) is 23.1 Å². The largest absolute Gasteiger partial charge is 0.478 e. The molecule has 0 spiro atoms. The Morgan fingerprint density at radius 3 is 2.58 bits per heavy atom. The van der Waals surface area contributed by atoms with Crippen molar-refractivity contribution >= 4 is 38.8 Å². The third-order valence-corrected chi connectivity index (χ3v) is 8.12. The second kappa shape index (κ2) is 11.2. The molecule has 1 unspecified atom stereocenters. The average molecular weight is 542 g/mol. The summed E-state index contributed by atoms with van der Waals surface area (Å²) < 4.78 is 29.4. The summed E-state index contributed by atoms with van der Waals surface area (Å²) in [5.41, 5.74) is -0.498. The number of fused-ring (bicyclic) bond motifs is 1. The van der Waals surface area contributed by atoms with Gasteiger partial charge in [0.1, 0.15) is 0 Å². The van der Waals surface area contributed by atoms with E-state index in [1.165, 1.54) is 12.3 Å². The maximum atomic E-state index is 13.5. The van der Waals surface area contributed by atoms with Crippen LogP contribution in [0.1, 0.15) is 40.7 Å². The van der Waals surface area contributed by atoms with Gasteiger partial charge in [0, 0.05) is 24.0 Å². The second-order valence-corrected chi connectivity index (χ2v) is 10.8. The Morgan fingerprint density at radius 1 is 1.13 bits per heavy atom. The van der Waals surface area contributed by atoms with E-state index < -0.39 is 27.6 Å². The third-order valence-electron chi connectivity index (χ3n) is 6.33. The lowest BCUT2D eigenvalue weighted by Crippen LogP contribution is -2.65. The Balaban J connectivity index is 1.61. The maximum Gasteiger partial charge on any atom is 0.345 e. The Morgan fingerprint density at radius 2 is 1.89 bits per heavy atom. The van der Waals surface area contributed by atoms with E-state index in [1.54, 1.807) is 44.2 Å². The number of nitrogens with one attached hydrogen (secondary N) is 5. The molecule has 0 saturated heterocycles. The highest BCUT2D eigenvalue weighted by Gasteiger charge is 2.44. The summed E-state index contributed by atoms with van der Waals surface area (Å²) in [6.45, 7) is 5.20. The van der Waals surface area contributed by atoms with Crippen LogP contribution in [0.3, 0.4) is 0 Å². The number of carboxylic acids is 1. The molecule has 13 heteroatoms. The summed E-state index contributed by atoms with van der Waals surface area (Å²) in [6, 6.07) is 9.70. The second-order valence-electron chi connectivity index (χ2n) is 9.20. The zero-order valence-electron chi connectivity index (χ0n) is 21.2. The smallest absolute Gasteiger partial charge is 0.345 e. The Bertz CT molecular complexity index is 1460. The number of carbonyl (C=O) groups is 2. The van der Waals surface area contributed by atoms with Crippen LogP contribution in [-0.2, 0) is 14.8 Å². The number of amides is 1. The van der Waals surface area contributed by atoms with E-state index in [0.717, 1.165) is 6.54 Å². The van der Waals surface area contributed by atoms with E-state index in [2.05, 4.69) is 35.9 Å². The van der Waals surface area contributed by atoms with Crippen molar-refractivity contribution in [1.29, 1.82) is 0 Å². The molecule has 0 aliphatic carbocycles. The van der Waals surface area contributed by atoms with Crippen molar-refractivity contribution in [3.63, 3.8) is 0 Å². The third kappa shape index (κ3) is 5.94. The summed E-state index contributed by atoms with van der Waals surface area (Å²) >= 11 is 0. The first-order chi connectivity index (χ1) is 18.1. The van der Waals surface area contributed by atoms with Crippen LogP contribution >= 0.6 is 0 Å². The lowest BCUT2D eigenvalue weighted by Gasteiger charge is -2.32. The normalized spacial score (nSPS) is 14.9. The number of aromatic nitrogens is 2. The van der Waals surface area contributed by atoms with Crippen molar-refractivity contribution in [3.8, 4) is 0 Å². The predicted octanol–water partition coefficient (Wildman–Crippen LogP) is 1.39. The number of benzene rings is 2. The van der Waals surface area contributed by atoms with Crippen LogP contribution in [0.25, 0.3) is 10.9 Å². The first kappa shape index (κ1) is 27.1. The number of carbonyl (C=O) groups excluding carboxylic acids is 1. The molecule has 4 rings (SSSR count). The van der Waals surface area contributed by atoms with E-state index in [-0.39, 0.29) is 16.9 Å². The van der Waals surface area contributed by atoms with Crippen LogP contribution in [0.5, 0.6) is 0 Å². The fourth-order valence-corrected chi connectivity index (χ4v) is 6.22. The molecule has 1 amide bonds. The molecule has 1 aliphatic heterocycles. The molecule has 12 nitrogen and oxygen atoms in total. The van der Waals surface area contributed by atoms with Crippen LogP contribution in [0.2, 0.25) is 0 Å². The molecular formula is C25H31N7O5S. The molecule has 6 N–H and O–H groups in total. The van der Waals surface area contributed by atoms with Crippen molar-refractivity contribution in [2.75, 3.05) is 19.6 Å². The number of aliphatic imine (C=N–C) groups is 1. The number of nitrogens with zero attached hydrogens (tertiary/aromatic N) is 2. The van der Waals surface area contributed by atoms with Crippen molar-refractivity contribution in [3.05, 3.63) is 59.3 Å². The summed E-state index contributed by atoms with van der Waals surface area (Å²) in [5, 5.41) is 26.4. The SMILES string of the molecule is Cc1cccc(C)c1S(=O)(=O)NC(CCCCNC1=NCCN1)(NC(=O)c1ccc2[nH]ncc2c1)C(=O)O. The number of rotatable bonds is 11.